The Hall–Kier alpha value is -3.35. The van der Waals surface area contributed by atoms with Crippen LogP contribution in [0.5, 0.6) is 0 Å². The first-order valence-electron chi connectivity index (χ1n) is 9.12. The molecule has 148 valence electrons. The van der Waals surface area contributed by atoms with Crippen molar-refractivity contribution in [1.82, 2.24) is 10.3 Å². The van der Waals surface area contributed by atoms with E-state index in [1.807, 2.05) is 37.3 Å². The second-order valence-corrected chi connectivity index (χ2v) is 7.59. The number of benzene rings is 2. The highest BCUT2D eigenvalue weighted by atomic mass is 35.5. The van der Waals surface area contributed by atoms with E-state index >= 15 is 0 Å². The highest BCUT2D eigenvalue weighted by Gasteiger charge is 2.34. The molecule has 0 bridgehead atoms. The van der Waals surface area contributed by atoms with Crippen molar-refractivity contribution in [3.05, 3.63) is 88.7 Å². The molecule has 7 heteroatoms. The van der Waals surface area contributed by atoms with Gasteiger partial charge in [-0.1, -0.05) is 41.4 Å². The lowest BCUT2D eigenvalue weighted by molar-refractivity contribution is -0.122. The summed E-state index contributed by atoms with van der Waals surface area (Å²) in [6, 6.07) is 16.5. The maximum absolute atomic E-state index is 13.2. The Morgan fingerprint density at radius 3 is 2.43 bits per heavy atom. The Morgan fingerprint density at radius 2 is 1.73 bits per heavy atom. The number of carbonyl (C=O) groups excluding carboxylic acids is 2. The fourth-order valence-corrected chi connectivity index (χ4v) is 3.56. The van der Waals surface area contributed by atoms with Crippen LogP contribution in [0.15, 0.2) is 72.6 Å². The molecule has 4 rings (SSSR count). The zero-order chi connectivity index (χ0) is 21.3. The van der Waals surface area contributed by atoms with Gasteiger partial charge in [0.2, 0.25) is 0 Å². The molecule has 1 saturated heterocycles. The van der Waals surface area contributed by atoms with Crippen LogP contribution in [-0.4, -0.2) is 21.9 Å². The van der Waals surface area contributed by atoms with Crippen molar-refractivity contribution in [2.75, 3.05) is 4.90 Å². The standard InChI is InChI=1S/C23H16ClN3O2S/c1-14-2-4-15(5-3-14)19-10-11-25-13-16(19)12-20-21(28)26-23(30)27(22(20)29)18-8-6-17(24)7-9-18/h2-13H,1H3,(H,26,28,30). The van der Waals surface area contributed by atoms with Crippen LogP contribution < -0.4 is 10.2 Å². The fraction of sp³-hybridized carbons (Fsp3) is 0.0435. The number of aryl methyl sites for hydroxylation is 1. The summed E-state index contributed by atoms with van der Waals surface area (Å²) >= 11 is 11.2. The van der Waals surface area contributed by atoms with Crippen molar-refractivity contribution < 1.29 is 9.59 Å². The number of aromatic nitrogens is 1. The van der Waals surface area contributed by atoms with E-state index in [4.69, 9.17) is 23.8 Å². The van der Waals surface area contributed by atoms with E-state index in [1.54, 1.807) is 42.7 Å². The van der Waals surface area contributed by atoms with Gasteiger partial charge in [-0.25, -0.2) is 0 Å². The zero-order valence-electron chi connectivity index (χ0n) is 15.9. The number of hydrogen-bond donors (Lipinski definition) is 1. The van der Waals surface area contributed by atoms with Crippen LogP contribution in [0.2, 0.25) is 5.02 Å². The average Bonchev–Trinajstić information content (AvgIpc) is 2.73. The third kappa shape index (κ3) is 3.87. The topological polar surface area (TPSA) is 62.3 Å². The van der Waals surface area contributed by atoms with Crippen molar-refractivity contribution >= 4 is 52.5 Å². The number of anilines is 1. The molecule has 30 heavy (non-hydrogen) atoms. The van der Waals surface area contributed by atoms with Gasteiger partial charge in [0.05, 0.1) is 5.69 Å². The first-order chi connectivity index (χ1) is 14.4. The normalized spacial score (nSPS) is 15.5. The van der Waals surface area contributed by atoms with E-state index in [2.05, 4.69) is 10.3 Å². The lowest BCUT2D eigenvalue weighted by Crippen LogP contribution is -2.54. The SMILES string of the molecule is Cc1ccc(-c2ccncc2C=C2C(=O)NC(=S)N(c3ccc(Cl)cc3)C2=O)cc1. The van der Waals surface area contributed by atoms with Gasteiger partial charge in [-0.3, -0.25) is 24.8 Å². The van der Waals surface area contributed by atoms with Crippen LogP contribution >= 0.6 is 23.8 Å². The number of amides is 2. The average molecular weight is 434 g/mol. The third-order valence-electron chi connectivity index (χ3n) is 4.70. The van der Waals surface area contributed by atoms with E-state index < -0.39 is 11.8 Å². The van der Waals surface area contributed by atoms with Gasteiger partial charge in [0.1, 0.15) is 5.57 Å². The Balaban J connectivity index is 1.77. The minimum absolute atomic E-state index is 0.0226. The molecule has 3 aromatic rings. The summed E-state index contributed by atoms with van der Waals surface area (Å²) in [5.41, 5.74) is 4.11. The van der Waals surface area contributed by atoms with Crippen LogP contribution in [0.25, 0.3) is 17.2 Å². The Kier molecular flexibility index (Phi) is 5.44. The van der Waals surface area contributed by atoms with Gasteiger partial charge in [-0.05, 0) is 66.7 Å². The van der Waals surface area contributed by atoms with Gasteiger partial charge in [0.25, 0.3) is 11.8 Å². The fourth-order valence-electron chi connectivity index (χ4n) is 3.16. The van der Waals surface area contributed by atoms with E-state index in [0.717, 1.165) is 16.7 Å². The summed E-state index contributed by atoms with van der Waals surface area (Å²) in [7, 11) is 0. The number of halogens is 1. The van der Waals surface area contributed by atoms with E-state index in [0.29, 0.717) is 16.3 Å². The summed E-state index contributed by atoms with van der Waals surface area (Å²) in [5, 5.41) is 3.14. The van der Waals surface area contributed by atoms with E-state index in [1.165, 1.54) is 4.90 Å². The molecule has 1 aliphatic heterocycles. The van der Waals surface area contributed by atoms with Crippen LogP contribution in [0.1, 0.15) is 11.1 Å². The molecule has 2 heterocycles. The molecule has 1 N–H and O–H groups in total. The molecular formula is C23H16ClN3O2S. The van der Waals surface area contributed by atoms with Crippen molar-refractivity contribution in [2.24, 2.45) is 0 Å². The summed E-state index contributed by atoms with van der Waals surface area (Å²) in [4.78, 5) is 31.2. The lowest BCUT2D eigenvalue weighted by atomic mass is 9.98. The third-order valence-corrected chi connectivity index (χ3v) is 5.24. The molecule has 1 aliphatic rings. The van der Waals surface area contributed by atoms with Crippen LogP contribution in [-0.2, 0) is 9.59 Å². The lowest BCUT2D eigenvalue weighted by Gasteiger charge is -2.29. The number of carbonyl (C=O) groups is 2. The first kappa shape index (κ1) is 19.9. The quantitative estimate of drug-likeness (QED) is 0.374. The summed E-state index contributed by atoms with van der Waals surface area (Å²) in [6.07, 6.45) is 4.85. The molecule has 0 saturated carbocycles. The van der Waals surface area contributed by atoms with Crippen molar-refractivity contribution in [3.8, 4) is 11.1 Å². The molecule has 2 aromatic carbocycles. The van der Waals surface area contributed by atoms with Gasteiger partial charge in [-0.15, -0.1) is 0 Å². The molecule has 0 spiro atoms. The van der Waals surface area contributed by atoms with Crippen LogP contribution in [0.4, 0.5) is 5.69 Å². The second-order valence-electron chi connectivity index (χ2n) is 6.76. The van der Waals surface area contributed by atoms with E-state index in [9.17, 15) is 9.59 Å². The predicted molar refractivity (Wildman–Crippen MR) is 122 cm³/mol. The Bertz CT molecular complexity index is 1190. The summed E-state index contributed by atoms with van der Waals surface area (Å²) < 4.78 is 0. The Morgan fingerprint density at radius 1 is 1.03 bits per heavy atom. The number of hydrogen-bond acceptors (Lipinski definition) is 4. The smallest absolute Gasteiger partial charge is 0.270 e. The first-order valence-corrected chi connectivity index (χ1v) is 9.91. The second kappa shape index (κ2) is 8.18. The number of rotatable bonds is 3. The van der Waals surface area contributed by atoms with Crippen molar-refractivity contribution in [2.45, 2.75) is 6.92 Å². The van der Waals surface area contributed by atoms with Gasteiger partial charge < -0.3 is 0 Å². The molecule has 5 nitrogen and oxygen atoms in total. The van der Waals surface area contributed by atoms with E-state index in [-0.39, 0.29) is 10.7 Å². The van der Waals surface area contributed by atoms with Gasteiger partial charge in [0, 0.05) is 23.0 Å². The molecule has 0 aliphatic carbocycles. The minimum Gasteiger partial charge on any atom is -0.298 e. The molecular weight excluding hydrogens is 418 g/mol. The summed E-state index contributed by atoms with van der Waals surface area (Å²) in [6.45, 7) is 2.01. The maximum Gasteiger partial charge on any atom is 0.270 e. The molecule has 0 unspecified atom stereocenters. The van der Waals surface area contributed by atoms with Crippen LogP contribution in [0.3, 0.4) is 0 Å². The highest BCUT2D eigenvalue weighted by Crippen LogP contribution is 2.28. The number of thiocarbonyl (C=S) groups is 1. The molecule has 1 fully saturated rings. The molecule has 1 aromatic heterocycles. The monoisotopic (exact) mass is 433 g/mol. The molecule has 2 amide bonds. The number of pyridine rings is 1. The van der Waals surface area contributed by atoms with Crippen molar-refractivity contribution in [3.63, 3.8) is 0 Å². The largest absolute Gasteiger partial charge is 0.298 e. The van der Waals surface area contributed by atoms with Crippen molar-refractivity contribution in [1.29, 1.82) is 0 Å². The van der Waals surface area contributed by atoms with Gasteiger partial charge in [0.15, 0.2) is 5.11 Å². The highest BCUT2D eigenvalue weighted by molar-refractivity contribution is 7.80. The Labute approximate surface area is 184 Å². The number of nitrogens with zero attached hydrogens (tertiary/aromatic N) is 2. The van der Waals surface area contributed by atoms with Gasteiger partial charge in [-0.2, -0.15) is 0 Å². The summed E-state index contributed by atoms with van der Waals surface area (Å²) in [5.74, 6) is -1.06. The van der Waals surface area contributed by atoms with Gasteiger partial charge >= 0.3 is 0 Å². The minimum atomic E-state index is -0.547. The zero-order valence-corrected chi connectivity index (χ0v) is 17.5. The molecule has 0 radical (unpaired) electrons. The number of nitrogens with one attached hydrogen (secondary N) is 1. The molecule has 0 atom stereocenters. The predicted octanol–water partition coefficient (Wildman–Crippen LogP) is 4.54. The van der Waals surface area contributed by atoms with Crippen LogP contribution in [0, 0.1) is 6.92 Å². The maximum atomic E-state index is 13.2.